The van der Waals surface area contributed by atoms with Crippen molar-refractivity contribution in [1.29, 1.82) is 5.26 Å². The van der Waals surface area contributed by atoms with Gasteiger partial charge in [-0.05, 0) is 31.5 Å². The maximum absolute atomic E-state index is 8.94. The summed E-state index contributed by atoms with van der Waals surface area (Å²) >= 11 is 6.09. The monoisotopic (exact) mass is 263 g/mol. The summed E-state index contributed by atoms with van der Waals surface area (Å²) in [6, 6.07) is 8.87. The summed E-state index contributed by atoms with van der Waals surface area (Å²) in [5.74, 6) is 0. The molecular formula is C14H18ClN3. The summed E-state index contributed by atoms with van der Waals surface area (Å²) in [6.45, 7) is 6.01. The van der Waals surface area contributed by atoms with Crippen LogP contribution in [-0.2, 0) is 0 Å². The predicted octanol–water partition coefficient (Wildman–Crippen LogP) is 2.73. The van der Waals surface area contributed by atoms with Crippen molar-refractivity contribution in [2.75, 3.05) is 18.0 Å². The smallest absolute Gasteiger partial charge is 0.0643 e. The van der Waals surface area contributed by atoms with E-state index in [0.717, 1.165) is 23.8 Å². The maximum Gasteiger partial charge on any atom is 0.0643 e. The topological polar surface area (TPSA) is 39.1 Å². The second kappa shape index (κ2) is 5.60. The van der Waals surface area contributed by atoms with Crippen molar-refractivity contribution in [3.63, 3.8) is 0 Å². The lowest BCUT2D eigenvalue weighted by molar-refractivity contribution is 0.411. The number of halogens is 1. The first-order chi connectivity index (χ1) is 8.61. The molecule has 1 aromatic carbocycles. The Morgan fingerprint density at radius 1 is 1.56 bits per heavy atom. The first-order valence-electron chi connectivity index (χ1n) is 6.25. The quantitative estimate of drug-likeness (QED) is 0.892. The van der Waals surface area contributed by atoms with Gasteiger partial charge in [0.1, 0.15) is 0 Å². The van der Waals surface area contributed by atoms with Crippen LogP contribution in [0.25, 0.3) is 0 Å². The third-order valence-corrected chi connectivity index (χ3v) is 3.66. The molecule has 0 aliphatic carbocycles. The zero-order valence-corrected chi connectivity index (χ0v) is 11.5. The fourth-order valence-corrected chi connectivity index (χ4v) is 2.60. The summed E-state index contributed by atoms with van der Waals surface area (Å²) in [7, 11) is 0. The van der Waals surface area contributed by atoms with E-state index in [9.17, 15) is 0 Å². The second-order valence-corrected chi connectivity index (χ2v) is 5.34. The molecule has 1 saturated heterocycles. The molecule has 1 aliphatic rings. The first-order valence-corrected chi connectivity index (χ1v) is 6.62. The van der Waals surface area contributed by atoms with Crippen LogP contribution >= 0.6 is 11.6 Å². The van der Waals surface area contributed by atoms with Gasteiger partial charge in [0.25, 0.3) is 0 Å². The molecule has 0 aromatic heterocycles. The number of hydrogen-bond acceptors (Lipinski definition) is 3. The summed E-state index contributed by atoms with van der Waals surface area (Å²) < 4.78 is 0. The molecule has 0 radical (unpaired) electrons. The Bertz CT molecular complexity index is 467. The fourth-order valence-electron chi connectivity index (χ4n) is 2.43. The highest BCUT2D eigenvalue weighted by atomic mass is 35.5. The van der Waals surface area contributed by atoms with E-state index in [2.05, 4.69) is 30.1 Å². The van der Waals surface area contributed by atoms with Crippen LogP contribution in [-0.4, -0.2) is 25.2 Å². The molecule has 2 rings (SSSR count). The highest BCUT2D eigenvalue weighted by Crippen LogP contribution is 2.28. The third-order valence-electron chi connectivity index (χ3n) is 3.42. The number of nitriles is 1. The summed E-state index contributed by atoms with van der Waals surface area (Å²) in [6.07, 6.45) is 0.533. The van der Waals surface area contributed by atoms with Gasteiger partial charge in [-0.2, -0.15) is 5.26 Å². The molecule has 1 aromatic rings. The van der Waals surface area contributed by atoms with Gasteiger partial charge in [0, 0.05) is 29.8 Å². The van der Waals surface area contributed by atoms with Crippen LogP contribution in [0.3, 0.4) is 0 Å². The molecule has 3 nitrogen and oxygen atoms in total. The Morgan fingerprint density at radius 2 is 2.33 bits per heavy atom. The predicted molar refractivity (Wildman–Crippen MR) is 75.0 cm³/mol. The van der Waals surface area contributed by atoms with Gasteiger partial charge in [0.15, 0.2) is 0 Å². The van der Waals surface area contributed by atoms with Crippen molar-refractivity contribution in [2.24, 2.45) is 0 Å². The van der Waals surface area contributed by atoms with Crippen LogP contribution in [0.1, 0.15) is 18.9 Å². The van der Waals surface area contributed by atoms with Gasteiger partial charge in [-0.3, -0.25) is 0 Å². The Kier molecular flexibility index (Phi) is 4.11. The average Bonchev–Trinajstić information content (AvgIpc) is 2.35. The van der Waals surface area contributed by atoms with Gasteiger partial charge >= 0.3 is 0 Å². The third kappa shape index (κ3) is 2.77. The van der Waals surface area contributed by atoms with Crippen molar-refractivity contribution in [3.8, 4) is 6.07 Å². The molecule has 1 fully saturated rings. The standard InChI is InChI=1S/C14H18ClN3/c1-10-3-4-12(15)7-14(10)18-9-11(2)17-8-13(18)5-6-16/h3-4,7,11,13,17H,5,8-9H2,1-2H3. The van der Waals surface area contributed by atoms with Crippen molar-refractivity contribution in [2.45, 2.75) is 32.4 Å². The van der Waals surface area contributed by atoms with E-state index in [1.807, 2.05) is 18.2 Å². The molecule has 18 heavy (non-hydrogen) atoms. The van der Waals surface area contributed by atoms with Crippen molar-refractivity contribution in [1.82, 2.24) is 5.32 Å². The number of nitrogens with zero attached hydrogens (tertiary/aromatic N) is 2. The molecule has 2 atom stereocenters. The van der Waals surface area contributed by atoms with Crippen LogP contribution in [0.5, 0.6) is 0 Å². The molecule has 0 spiro atoms. The number of benzene rings is 1. The van der Waals surface area contributed by atoms with E-state index in [-0.39, 0.29) is 6.04 Å². The fraction of sp³-hybridized carbons (Fsp3) is 0.500. The number of nitrogens with one attached hydrogen (secondary N) is 1. The lowest BCUT2D eigenvalue weighted by Crippen LogP contribution is -2.55. The van der Waals surface area contributed by atoms with Gasteiger partial charge in [-0.25, -0.2) is 0 Å². The summed E-state index contributed by atoms with van der Waals surface area (Å²) in [5.41, 5.74) is 2.35. The molecule has 4 heteroatoms. The molecule has 1 aliphatic heterocycles. The minimum Gasteiger partial charge on any atom is -0.364 e. The van der Waals surface area contributed by atoms with E-state index < -0.39 is 0 Å². The highest BCUT2D eigenvalue weighted by molar-refractivity contribution is 6.30. The van der Waals surface area contributed by atoms with Gasteiger partial charge in [-0.15, -0.1) is 0 Å². The van der Waals surface area contributed by atoms with Crippen LogP contribution in [0, 0.1) is 18.3 Å². The van der Waals surface area contributed by atoms with Crippen LogP contribution < -0.4 is 10.2 Å². The minimum absolute atomic E-state index is 0.225. The van der Waals surface area contributed by atoms with E-state index in [4.69, 9.17) is 16.9 Å². The van der Waals surface area contributed by atoms with Gasteiger partial charge in [0.2, 0.25) is 0 Å². The normalized spacial score (nSPS) is 23.8. The number of rotatable bonds is 2. The zero-order valence-electron chi connectivity index (χ0n) is 10.8. The Labute approximate surface area is 113 Å². The number of hydrogen-bond donors (Lipinski definition) is 1. The molecule has 1 heterocycles. The first kappa shape index (κ1) is 13.2. The lowest BCUT2D eigenvalue weighted by atomic mass is 10.0. The van der Waals surface area contributed by atoms with Crippen LogP contribution in [0.4, 0.5) is 5.69 Å². The summed E-state index contributed by atoms with van der Waals surface area (Å²) in [4.78, 5) is 2.31. The van der Waals surface area contributed by atoms with Gasteiger partial charge in [-0.1, -0.05) is 17.7 Å². The number of aryl methyl sites for hydroxylation is 1. The van der Waals surface area contributed by atoms with E-state index in [1.165, 1.54) is 5.56 Å². The van der Waals surface area contributed by atoms with Crippen molar-refractivity contribution in [3.05, 3.63) is 28.8 Å². The van der Waals surface area contributed by atoms with E-state index >= 15 is 0 Å². The Balaban J connectivity index is 2.32. The molecule has 0 bridgehead atoms. The molecule has 2 unspecified atom stereocenters. The van der Waals surface area contributed by atoms with Crippen LogP contribution in [0.15, 0.2) is 18.2 Å². The highest BCUT2D eigenvalue weighted by Gasteiger charge is 2.26. The molecular weight excluding hydrogens is 246 g/mol. The maximum atomic E-state index is 8.94. The average molecular weight is 264 g/mol. The molecule has 96 valence electrons. The van der Waals surface area contributed by atoms with Crippen molar-refractivity contribution >= 4 is 17.3 Å². The molecule has 1 N–H and O–H groups in total. The van der Waals surface area contributed by atoms with Gasteiger partial charge < -0.3 is 10.2 Å². The summed E-state index contributed by atoms with van der Waals surface area (Å²) in [5, 5.41) is 13.1. The SMILES string of the molecule is Cc1ccc(Cl)cc1N1CC(C)NCC1CC#N. The molecule has 0 saturated carbocycles. The number of anilines is 1. The lowest BCUT2D eigenvalue weighted by Gasteiger charge is -2.40. The van der Waals surface area contributed by atoms with Crippen molar-refractivity contribution < 1.29 is 0 Å². The van der Waals surface area contributed by atoms with Gasteiger partial charge in [0.05, 0.1) is 18.5 Å². The number of piperazine rings is 1. The minimum atomic E-state index is 0.225. The molecule has 0 amide bonds. The Hall–Kier alpha value is -1.24. The second-order valence-electron chi connectivity index (χ2n) is 4.91. The Morgan fingerprint density at radius 3 is 3.06 bits per heavy atom. The zero-order chi connectivity index (χ0) is 13.1. The van der Waals surface area contributed by atoms with E-state index in [0.29, 0.717) is 12.5 Å². The largest absolute Gasteiger partial charge is 0.364 e. The van der Waals surface area contributed by atoms with E-state index in [1.54, 1.807) is 0 Å². The van der Waals surface area contributed by atoms with Crippen LogP contribution in [0.2, 0.25) is 5.02 Å².